The summed E-state index contributed by atoms with van der Waals surface area (Å²) in [7, 11) is 2.12. The van der Waals surface area contributed by atoms with Gasteiger partial charge in [0.15, 0.2) is 0 Å². The van der Waals surface area contributed by atoms with Crippen LogP contribution in [0.25, 0.3) is 0 Å². The second-order valence-corrected chi connectivity index (χ2v) is 5.94. The highest BCUT2D eigenvalue weighted by atomic mass is 16.3. The molecule has 0 saturated heterocycles. The van der Waals surface area contributed by atoms with Crippen LogP contribution in [0.2, 0.25) is 0 Å². The molecule has 1 fully saturated rings. The number of likely N-dealkylation sites (N-methyl/N-ethyl adjacent to an activating group) is 1. The first-order valence-electron chi connectivity index (χ1n) is 7.84. The maximum atomic E-state index is 10.3. The van der Waals surface area contributed by atoms with Crippen LogP contribution >= 0.6 is 0 Å². The first kappa shape index (κ1) is 15.3. The lowest BCUT2D eigenvalue weighted by atomic mass is 9.91. The first-order valence-corrected chi connectivity index (χ1v) is 7.84. The zero-order valence-corrected chi connectivity index (χ0v) is 13.0. The molecule has 2 atom stereocenters. The van der Waals surface area contributed by atoms with Crippen molar-refractivity contribution in [1.29, 1.82) is 0 Å². The predicted molar refractivity (Wildman–Crippen MR) is 85.2 cm³/mol. The molecule has 2 N–H and O–H groups in total. The molecule has 0 amide bonds. The molecule has 0 spiro atoms. The molecule has 0 radical (unpaired) electrons. The molecule has 0 heterocycles. The summed E-state index contributed by atoms with van der Waals surface area (Å²) < 4.78 is 0. The summed E-state index contributed by atoms with van der Waals surface area (Å²) in [4.78, 5) is 2.29. The van der Waals surface area contributed by atoms with Gasteiger partial charge in [0.05, 0.1) is 12.1 Å². The Hall–Kier alpha value is -1.06. The second kappa shape index (κ2) is 7.09. The molecular formula is C17H28N2O. The van der Waals surface area contributed by atoms with Gasteiger partial charge in [0.1, 0.15) is 0 Å². The third-order valence-corrected chi connectivity index (χ3v) is 4.37. The number of anilines is 1. The Morgan fingerprint density at radius 2 is 2.05 bits per heavy atom. The highest BCUT2D eigenvalue weighted by Gasteiger charge is 2.27. The molecule has 1 saturated carbocycles. The van der Waals surface area contributed by atoms with Gasteiger partial charge in [-0.25, -0.2) is 0 Å². The number of aryl methyl sites for hydroxylation is 1. The van der Waals surface area contributed by atoms with Crippen molar-refractivity contribution >= 4 is 5.69 Å². The quantitative estimate of drug-likeness (QED) is 0.868. The molecule has 1 aliphatic carbocycles. The molecule has 0 bridgehead atoms. The van der Waals surface area contributed by atoms with Crippen LogP contribution in [0.15, 0.2) is 18.2 Å². The fourth-order valence-corrected chi connectivity index (χ4v) is 3.18. The summed E-state index contributed by atoms with van der Waals surface area (Å²) in [5.74, 6) is 0. The van der Waals surface area contributed by atoms with E-state index in [1.165, 1.54) is 23.2 Å². The molecule has 2 unspecified atom stereocenters. The average Bonchev–Trinajstić information content (AvgIpc) is 2.45. The van der Waals surface area contributed by atoms with Crippen molar-refractivity contribution in [2.45, 2.75) is 58.2 Å². The van der Waals surface area contributed by atoms with Gasteiger partial charge < -0.3 is 15.3 Å². The van der Waals surface area contributed by atoms with Crippen molar-refractivity contribution in [2.75, 3.05) is 18.5 Å². The van der Waals surface area contributed by atoms with Gasteiger partial charge in [-0.05, 0) is 37.9 Å². The minimum absolute atomic E-state index is 0.193. The van der Waals surface area contributed by atoms with Crippen molar-refractivity contribution in [3.8, 4) is 0 Å². The van der Waals surface area contributed by atoms with Crippen LogP contribution in [-0.2, 0) is 6.54 Å². The fraction of sp³-hybridized carbons (Fsp3) is 0.647. The van der Waals surface area contributed by atoms with E-state index in [1.54, 1.807) is 0 Å². The third kappa shape index (κ3) is 3.53. The average molecular weight is 276 g/mol. The molecule has 0 aliphatic heterocycles. The standard InChI is InChI=1S/C17H28N2O/c1-4-18-12-14-11-13(2)9-10-15(14)19(3)16-7-5-6-8-17(16)20/h9-11,16-18,20H,4-8,12H2,1-3H3. The van der Waals surface area contributed by atoms with Gasteiger partial charge in [0.2, 0.25) is 0 Å². The number of hydrogen-bond donors (Lipinski definition) is 2. The van der Waals surface area contributed by atoms with Gasteiger partial charge in [0, 0.05) is 19.3 Å². The molecule has 2 rings (SSSR count). The Bertz CT molecular complexity index is 433. The van der Waals surface area contributed by atoms with Crippen LogP contribution in [-0.4, -0.2) is 30.8 Å². The Balaban J connectivity index is 2.21. The molecular weight excluding hydrogens is 248 g/mol. The van der Waals surface area contributed by atoms with Gasteiger partial charge >= 0.3 is 0 Å². The van der Waals surface area contributed by atoms with Crippen LogP contribution < -0.4 is 10.2 Å². The number of hydrogen-bond acceptors (Lipinski definition) is 3. The first-order chi connectivity index (χ1) is 9.63. The van der Waals surface area contributed by atoms with E-state index >= 15 is 0 Å². The summed E-state index contributed by atoms with van der Waals surface area (Å²) in [5, 5.41) is 13.7. The van der Waals surface area contributed by atoms with Crippen molar-refractivity contribution in [1.82, 2.24) is 5.32 Å². The summed E-state index contributed by atoms with van der Waals surface area (Å²) in [6, 6.07) is 6.87. The number of aliphatic hydroxyl groups is 1. The number of rotatable bonds is 5. The number of nitrogens with one attached hydrogen (secondary N) is 1. The van der Waals surface area contributed by atoms with E-state index in [4.69, 9.17) is 0 Å². The molecule has 20 heavy (non-hydrogen) atoms. The zero-order valence-electron chi connectivity index (χ0n) is 13.0. The molecule has 0 aromatic heterocycles. The van der Waals surface area contributed by atoms with Gasteiger partial charge in [-0.15, -0.1) is 0 Å². The van der Waals surface area contributed by atoms with Gasteiger partial charge in [0.25, 0.3) is 0 Å². The highest BCUT2D eigenvalue weighted by molar-refractivity contribution is 5.55. The summed E-state index contributed by atoms with van der Waals surface area (Å²) in [6.07, 6.45) is 4.21. The van der Waals surface area contributed by atoms with Crippen LogP contribution in [0, 0.1) is 6.92 Å². The van der Waals surface area contributed by atoms with Crippen LogP contribution in [0.3, 0.4) is 0 Å². The summed E-state index contributed by atoms with van der Waals surface area (Å²) in [5.41, 5.74) is 3.87. The molecule has 3 heteroatoms. The molecule has 112 valence electrons. The Morgan fingerprint density at radius 3 is 2.75 bits per heavy atom. The van der Waals surface area contributed by atoms with Crippen molar-refractivity contribution in [3.05, 3.63) is 29.3 Å². The van der Waals surface area contributed by atoms with Crippen LogP contribution in [0.4, 0.5) is 5.69 Å². The third-order valence-electron chi connectivity index (χ3n) is 4.37. The van der Waals surface area contributed by atoms with E-state index in [9.17, 15) is 5.11 Å². The second-order valence-electron chi connectivity index (χ2n) is 5.94. The normalized spacial score (nSPS) is 22.8. The van der Waals surface area contributed by atoms with Crippen LogP contribution in [0.5, 0.6) is 0 Å². The SMILES string of the molecule is CCNCc1cc(C)ccc1N(C)C1CCCCC1O. The number of benzene rings is 1. The smallest absolute Gasteiger partial charge is 0.0743 e. The van der Waals surface area contributed by atoms with Crippen LogP contribution in [0.1, 0.15) is 43.7 Å². The summed E-state index contributed by atoms with van der Waals surface area (Å²) >= 11 is 0. The van der Waals surface area contributed by atoms with E-state index in [-0.39, 0.29) is 12.1 Å². The van der Waals surface area contributed by atoms with Crippen molar-refractivity contribution < 1.29 is 5.11 Å². The lowest BCUT2D eigenvalue weighted by Crippen LogP contribution is -2.44. The topological polar surface area (TPSA) is 35.5 Å². The Labute approximate surface area is 123 Å². The van der Waals surface area contributed by atoms with E-state index in [1.807, 2.05) is 0 Å². The molecule has 1 aliphatic rings. The van der Waals surface area contributed by atoms with E-state index in [0.717, 1.165) is 32.4 Å². The lowest BCUT2D eigenvalue weighted by molar-refractivity contribution is 0.106. The maximum Gasteiger partial charge on any atom is 0.0743 e. The van der Waals surface area contributed by atoms with E-state index in [0.29, 0.717) is 0 Å². The Morgan fingerprint density at radius 1 is 1.30 bits per heavy atom. The maximum absolute atomic E-state index is 10.3. The molecule has 1 aromatic carbocycles. The van der Waals surface area contributed by atoms with E-state index < -0.39 is 0 Å². The number of nitrogens with zero attached hydrogens (tertiary/aromatic N) is 1. The van der Waals surface area contributed by atoms with Crippen molar-refractivity contribution in [3.63, 3.8) is 0 Å². The monoisotopic (exact) mass is 276 g/mol. The largest absolute Gasteiger partial charge is 0.391 e. The van der Waals surface area contributed by atoms with Gasteiger partial charge in [-0.3, -0.25) is 0 Å². The minimum Gasteiger partial charge on any atom is -0.391 e. The molecule has 3 nitrogen and oxygen atoms in total. The molecule has 1 aromatic rings. The Kier molecular flexibility index (Phi) is 5.44. The summed E-state index contributed by atoms with van der Waals surface area (Å²) in [6.45, 7) is 6.13. The van der Waals surface area contributed by atoms with Gasteiger partial charge in [-0.1, -0.05) is 37.5 Å². The highest BCUT2D eigenvalue weighted by Crippen LogP contribution is 2.29. The van der Waals surface area contributed by atoms with Gasteiger partial charge in [-0.2, -0.15) is 0 Å². The number of aliphatic hydroxyl groups excluding tert-OH is 1. The minimum atomic E-state index is -0.193. The zero-order chi connectivity index (χ0) is 14.5. The lowest BCUT2D eigenvalue weighted by Gasteiger charge is -2.37. The van der Waals surface area contributed by atoms with E-state index in [2.05, 4.69) is 49.3 Å². The van der Waals surface area contributed by atoms with Crippen molar-refractivity contribution in [2.24, 2.45) is 0 Å². The fourth-order valence-electron chi connectivity index (χ4n) is 3.18. The predicted octanol–water partition coefficient (Wildman–Crippen LogP) is 2.84.